The third-order valence-electron chi connectivity index (χ3n) is 2.09. The van der Waals surface area contributed by atoms with Gasteiger partial charge in [0.05, 0.1) is 11.4 Å². The standard InChI is InChI=1S/C8H12N6/c1-6-7(9)3-14(12-6)4-8-10-5-11-13(8)2/h3,5H,4,9H2,1-2H3. The third-order valence-corrected chi connectivity index (χ3v) is 2.09. The molecule has 6 heteroatoms. The van der Waals surface area contributed by atoms with Crippen LogP contribution in [0.1, 0.15) is 11.5 Å². The highest BCUT2D eigenvalue weighted by Gasteiger charge is 2.04. The molecular weight excluding hydrogens is 180 g/mol. The highest BCUT2D eigenvalue weighted by molar-refractivity contribution is 5.39. The van der Waals surface area contributed by atoms with Crippen molar-refractivity contribution in [1.82, 2.24) is 24.5 Å². The first-order valence-corrected chi connectivity index (χ1v) is 4.29. The SMILES string of the molecule is Cc1nn(Cc2ncnn2C)cc1N. The van der Waals surface area contributed by atoms with Gasteiger partial charge in [0.1, 0.15) is 18.7 Å². The van der Waals surface area contributed by atoms with Gasteiger partial charge in [-0.15, -0.1) is 0 Å². The predicted molar refractivity (Wildman–Crippen MR) is 51.5 cm³/mol. The van der Waals surface area contributed by atoms with E-state index in [0.717, 1.165) is 11.5 Å². The maximum Gasteiger partial charge on any atom is 0.148 e. The van der Waals surface area contributed by atoms with Crippen LogP contribution in [0.4, 0.5) is 5.69 Å². The minimum atomic E-state index is 0.592. The molecule has 0 spiro atoms. The quantitative estimate of drug-likeness (QED) is 0.724. The second-order valence-corrected chi connectivity index (χ2v) is 3.17. The molecule has 0 atom stereocenters. The molecule has 0 aromatic carbocycles. The number of aryl methyl sites for hydroxylation is 2. The summed E-state index contributed by atoms with van der Waals surface area (Å²) in [6.07, 6.45) is 3.32. The molecule has 2 heterocycles. The Balaban J connectivity index is 2.23. The Morgan fingerprint density at radius 2 is 2.29 bits per heavy atom. The van der Waals surface area contributed by atoms with Crippen molar-refractivity contribution >= 4 is 5.69 Å². The van der Waals surface area contributed by atoms with Crippen LogP contribution in [0.15, 0.2) is 12.5 Å². The Morgan fingerprint density at radius 3 is 2.79 bits per heavy atom. The number of hydrogen-bond donors (Lipinski definition) is 1. The van der Waals surface area contributed by atoms with Crippen molar-refractivity contribution in [2.75, 3.05) is 5.73 Å². The minimum Gasteiger partial charge on any atom is -0.396 e. The van der Waals surface area contributed by atoms with E-state index in [-0.39, 0.29) is 0 Å². The Bertz CT molecular complexity index is 421. The number of anilines is 1. The second-order valence-electron chi connectivity index (χ2n) is 3.17. The van der Waals surface area contributed by atoms with Crippen molar-refractivity contribution in [2.45, 2.75) is 13.5 Å². The number of nitrogens with zero attached hydrogens (tertiary/aromatic N) is 5. The van der Waals surface area contributed by atoms with E-state index >= 15 is 0 Å². The van der Waals surface area contributed by atoms with E-state index < -0.39 is 0 Å². The van der Waals surface area contributed by atoms with Crippen LogP contribution in [-0.4, -0.2) is 24.5 Å². The molecule has 6 nitrogen and oxygen atoms in total. The Morgan fingerprint density at radius 1 is 1.50 bits per heavy atom. The van der Waals surface area contributed by atoms with Gasteiger partial charge in [-0.3, -0.25) is 9.36 Å². The summed E-state index contributed by atoms with van der Waals surface area (Å²) in [5.74, 6) is 0.854. The smallest absolute Gasteiger partial charge is 0.148 e. The zero-order valence-corrected chi connectivity index (χ0v) is 8.18. The average Bonchev–Trinajstić information content (AvgIpc) is 2.63. The molecule has 2 rings (SSSR count). The molecule has 0 bridgehead atoms. The molecule has 2 N–H and O–H groups in total. The van der Waals surface area contributed by atoms with Crippen LogP contribution in [0, 0.1) is 6.92 Å². The van der Waals surface area contributed by atoms with Gasteiger partial charge in [-0.2, -0.15) is 10.2 Å². The molecule has 0 fully saturated rings. The third kappa shape index (κ3) is 1.46. The second kappa shape index (κ2) is 3.13. The van der Waals surface area contributed by atoms with Crippen LogP contribution in [0.2, 0.25) is 0 Å². The lowest BCUT2D eigenvalue weighted by atomic mass is 10.4. The molecule has 0 saturated heterocycles. The lowest BCUT2D eigenvalue weighted by molar-refractivity contribution is 0.604. The molecule has 0 aliphatic rings. The maximum absolute atomic E-state index is 5.68. The summed E-state index contributed by atoms with van der Waals surface area (Å²) in [7, 11) is 1.85. The van der Waals surface area contributed by atoms with Gasteiger partial charge in [0.2, 0.25) is 0 Å². The summed E-state index contributed by atoms with van der Waals surface area (Å²) in [6, 6.07) is 0. The molecule has 0 unspecified atom stereocenters. The molecule has 2 aromatic heterocycles. The molecule has 0 aliphatic carbocycles. The van der Waals surface area contributed by atoms with Crippen molar-refractivity contribution in [1.29, 1.82) is 0 Å². The number of hydrogen-bond acceptors (Lipinski definition) is 4. The van der Waals surface area contributed by atoms with Crippen LogP contribution >= 0.6 is 0 Å². The summed E-state index contributed by atoms with van der Waals surface area (Å²) < 4.78 is 3.47. The molecule has 0 amide bonds. The fourth-order valence-electron chi connectivity index (χ4n) is 1.22. The van der Waals surface area contributed by atoms with Crippen LogP contribution in [-0.2, 0) is 13.6 Å². The number of nitrogens with two attached hydrogens (primary N) is 1. The topological polar surface area (TPSA) is 74.5 Å². The highest BCUT2D eigenvalue weighted by atomic mass is 15.4. The van der Waals surface area contributed by atoms with Crippen LogP contribution < -0.4 is 5.73 Å². The van der Waals surface area contributed by atoms with Gasteiger partial charge in [-0.1, -0.05) is 0 Å². The largest absolute Gasteiger partial charge is 0.396 e. The summed E-state index contributed by atoms with van der Waals surface area (Å²) in [5.41, 5.74) is 7.22. The van der Waals surface area contributed by atoms with E-state index in [0.29, 0.717) is 12.2 Å². The van der Waals surface area contributed by atoms with Crippen molar-refractivity contribution in [3.8, 4) is 0 Å². The van der Waals surface area contributed by atoms with E-state index in [1.54, 1.807) is 15.6 Å². The zero-order chi connectivity index (χ0) is 10.1. The van der Waals surface area contributed by atoms with E-state index in [9.17, 15) is 0 Å². The molecular formula is C8H12N6. The van der Waals surface area contributed by atoms with Crippen LogP contribution in [0.3, 0.4) is 0 Å². The Kier molecular flexibility index (Phi) is 1.95. The van der Waals surface area contributed by atoms with Gasteiger partial charge < -0.3 is 5.73 Å². The Hall–Kier alpha value is -1.85. The van der Waals surface area contributed by atoms with Crippen molar-refractivity contribution in [3.63, 3.8) is 0 Å². The van der Waals surface area contributed by atoms with Crippen molar-refractivity contribution < 1.29 is 0 Å². The summed E-state index contributed by atoms with van der Waals surface area (Å²) >= 11 is 0. The van der Waals surface area contributed by atoms with Gasteiger partial charge in [0.15, 0.2) is 0 Å². The first kappa shape index (κ1) is 8.74. The fraction of sp³-hybridized carbons (Fsp3) is 0.375. The molecule has 2 aromatic rings. The van der Waals surface area contributed by atoms with Gasteiger partial charge in [-0.25, -0.2) is 4.98 Å². The maximum atomic E-state index is 5.68. The van der Waals surface area contributed by atoms with E-state index in [4.69, 9.17) is 5.73 Å². The average molecular weight is 192 g/mol. The van der Waals surface area contributed by atoms with Gasteiger partial charge in [0, 0.05) is 13.2 Å². The van der Waals surface area contributed by atoms with Crippen LogP contribution in [0.5, 0.6) is 0 Å². The highest BCUT2D eigenvalue weighted by Crippen LogP contribution is 2.07. The van der Waals surface area contributed by atoms with Gasteiger partial charge >= 0.3 is 0 Å². The number of rotatable bonds is 2. The van der Waals surface area contributed by atoms with Crippen molar-refractivity contribution in [3.05, 3.63) is 24.0 Å². The van der Waals surface area contributed by atoms with Crippen LogP contribution in [0.25, 0.3) is 0 Å². The number of aromatic nitrogens is 5. The summed E-state index contributed by atoms with van der Waals surface area (Å²) in [6.45, 7) is 2.47. The lowest BCUT2D eigenvalue weighted by Crippen LogP contribution is -2.07. The van der Waals surface area contributed by atoms with Gasteiger partial charge in [0.25, 0.3) is 0 Å². The van der Waals surface area contributed by atoms with E-state index in [2.05, 4.69) is 15.2 Å². The summed E-state index contributed by atoms with van der Waals surface area (Å²) in [5, 5.41) is 8.21. The van der Waals surface area contributed by atoms with E-state index in [1.165, 1.54) is 6.33 Å². The monoisotopic (exact) mass is 192 g/mol. The first-order chi connectivity index (χ1) is 6.66. The Labute approximate surface area is 81.4 Å². The van der Waals surface area contributed by atoms with Crippen molar-refractivity contribution in [2.24, 2.45) is 7.05 Å². The normalized spacial score (nSPS) is 10.7. The van der Waals surface area contributed by atoms with E-state index in [1.807, 2.05) is 14.0 Å². The molecule has 0 saturated carbocycles. The minimum absolute atomic E-state index is 0.592. The number of nitrogen functional groups attached to an aromatic ring is 1. The molecule has 14 heavy (non-hydrogen) atoms. The molecule has 74 valence electrons. The molecule has 0 radical (unpaired) electrons. The summed E-state index contributed by atoms with van der Waals surface area (Å²) in [4.78, 5) is 4.10. The fourth-order valence-corrected chi connectivity index (χ4v) is 1.22. The zero-order valence-electron chi connectivity index (χ0n) is 8.18. The van der Waals surface area contributed by atoms with Gasteiger partial charge in [-0.05, 0) is 6.92 Å². The molecule has 0 aliphatic heterocycles. The first-order valence-electron chi connectivity index (χ1n) is 4.29. The predicted octanol–water partition coefficient (Wildman–Crippen LogP) is -0.0495. The lowest BCUT2D eigenvalue weighted by Gasteiger charge is -1.99.